The first-order valence-electron chi connectivity index (χ1n) is 11.0. The maximum absolute atomic E-state index is 2.63. The molecule has 0 bridgehead atoms. The number of nitrogens with zero attached hydrogens (tertiary/aromatic N) is 4. The zero-order valence-electron chi connectivity index (χ0n) is 18.3. The number of likely N-dealkylation sites (N-methyl/N-ethyl adjacent to an activating group) is 2. The summed E-state index contributed by atoms with van der Waals surface area (Å²) in [6.45, 7) is 11.8. The summed E-state index contributed by atoms with van der Waals surface area (Å²) in [6, 6.07) is 18.4. The Morgan fingerprint density at radius 2 is 0.933 bits per heavy atom. The molecule has 2 aliphatic heterocycles. The first kappa shape index (κ1) is 22.5. The Morgan fingerprint density at radius 1 is 0.567 bits per heavy atom. The molecule has 2 heterocycles. The molecule has 0 amide bonds. The molecule has 2 aromatic rings. The summed E-state index contributed by atoms with van der Waals surface area (Å²) in [5.41, 5.74) is 3.11. The molecule has 0 unspecified atom stereocenters. The van der Waals surface area contributed by atoms with Crippen LogP contribution in [0.15, 0.2) is 48.5 Å². The molecular formula is C24H34N4Se2. The maximum atomic E-state index is 2.63. The van der Waals surface area contributed by atoms with Gasteiger partial charge in [0.2, 0.25) is 0 Å². The van der Waals surface area contributed by atoms with Gasteiger partial charge in [-0.05, 0) is 0 Å². The van der Waals surface area contributed by atoms with Gasteiger partial charge in [0.05, 0.1) is 0 Å². The first-order valence-corrected chi connectivity index (χ1v) is 17.0. The van der Waals surface area contributed by atoms with Crippen LogP contribution >= 0.6 is 0 Å². The summed E-state index contributed by atoms with van der Waals surface area (Å²) in [4.78, 5) is 10.1. The SMILES string of the molecule is CN1CCN(Cc2ccccc2[Se][Se]c2ccccc2CN2CCN(C)CC2)CC1. The van der Waals surface area contributed by atoms with Crippen molar-refractivity contribution in [3.8, 4) is 0 Å². The average Bonchev–Trinajstić information content (AvgIpc) is 2.77. The first-order chi connectivity index (χ1) is 14.7. The van der Waals surface area contributed by atoms with Crippen LogP contribution in [-0.4, -0.2) is 112 Å². The molecule has 0 aromatic heterocycles. The Hall–Kier alpha value is -0.681. The third kappa shape index (κ3) is 6.41. The van der Waals surface area contributed by atoms with Crippen LogP contribution in [0.5, 0.6) is 0 Å². The average molecular weight is 536 g/mol. The van der Waals surface area contributed by atoms with Crippen LogP contribution in [0.1, 0.15) is 11.1 Å². The molecular weight excluding hydrogens is 502 g/mol. The molecule has 0 N–H and O–H groups in total. The molecule has 0 atom stereocenters. The minimum atomic E-state index is 0.536. The molecule has 2 aromatic carbocycles. The Labute approximate surface area is 193 Å². The number of piperazine rings is 2. The Bertz CT molecular complexity index is 732. The molecule has 162 valence electrons. The van der Waals surface area contributed by atoms with Crippen molar-refractivity contribution in [1.29, 1.82) is 0 Å². The molecule has 4 rings (SSSR count). The summed E-state index contributed by atoms with van der Waals surface area (Å²) in [5.74, 6) is 0. The van der Waals surface area contributed by atoms with E-state index in [2.05, 4.69) is 82.2 Å². The standard InChI is InChI=1S/C24H34N4Se2/c1-25-11-15-27(16-12-25)19-21-7-3-5-9-23(21)29-30-24-10-6-4-8-22(24)20-28-17-13-26(2)14-18-28/h3-10H,11-20H2,1-2H3. The summed E-state index contributed by atoms with van der Waals surface area (Å²) in [7, 11) is 4.47. The van der Waals surface area contributed by atoms with Crippen LogP contribution < -0.4 is 8.92 Å². The van der Waals surface area contributed by atoms with E-state index in [4.69, 9.17) is 0 Å². The van der Waals surface area contributed by atoms with E-state index in [1.165, 1.54) is 52.4 Å². The molecule has 0 aliphatic carbocycles. The molecule has 6 heteroatoms. The number of rotatable bonds is 7. The zero-order valence-corrected chi connectivity index (χ0v) is 21.7. The second-order valence-corrected chi connectivity index (χ2v) is 14.7. The van der Waals surface area contributed by atoms with E-state index in [1.807, 2.05) is 0 Å². The van der Waals surface area contributed by atoms with Gasteiger partial charge in [0.15, 0.2) is 0 Å². The van der Waals surface area contributed by atoms with Crippen LogP contribution in [0.2, 0.25) is 0 Å². The fraction of sp³-hybridized carbons (Fsp3) is 0.500. The van der Waals surface area contributed by atoms with Crippen LogP contribution in [0, 0.1) is 0 Å². The Kier molecular flexibility index (Phi) is 8.45. The van der Waals surface area contributed by atoms with Gasteiger partial charge in [-0.1, -0.05) is 0 Å². The predicted octanol–water partition coefficient (Wildman–Crippen LogP) is 0.456. The second-order valence-electron chi connectivity index (χ2n) is 8.54. The normalized spacial score (nSPS) is 19.9. The van der Waals surface area contributed by atoms with Crippen molar-refractivity contribution in [2.45, 2.75) is 13.1 Å². The van der Waals surface area contributed by atoms with E-state index in [9.17, 15) is 0 Å². The molecule has 2 aliphatic rings. The van der Waals surface area contributed by atoms with Crippen LogP contribution in [0.3, 0.4) is 0 Å². The quantitative estimate of drug-likeness (QED) is 0.477. The molecule has 0 radical (unpaired) electrons. The van der Waals surface area contributed by atoms with Crippen LogP contribution in [-0.2, 0) is 13.1 Å². The van der Waals surface area contributed by atoms with Gasteiger partial charge in [-0.2, -0.15) is 0 Å². The fourth-order valence-corrected chi connectivity index (χ4v) is 11.5. The van der Waals surface area contributed by atoms with Crippen molar-refractivity contribution < 1.29 is 0 Å². The van der Waals surface area contributed by atoms with Gasteiger partial charge in [0.1, 0.15) is 0 Å². The van der Waals surface area contributed by atoms with E-state index in [1.54, 1.807) is 20.1 Å². The van der Waals surface area contributed by atoms with Crippen LogP contribution in [0.25, 0.3) is 0 Å². The van der Waals surface area contributed by atoms with Gasteiger partial charge in [0, 0.05) is 0 Å². The molecule has 0 spiro atoms. The molecule has 2 fully saturated rings. The van der Waals surface area contributed by atoms with E-state index in [0.717, 1.165) is 13.1 Å². The molecule has 30 heavy (non-hydrogen) atoms. The fourth-order valence-electron chi connectivity index (χ4n) is 4.02. The van der Waals surface area contributed by atoms with E-state index < -0.39 is 0 Å². The summed E-state index contributed by atoms with van der Waals surface area (Å²) in [6.07, 6.45) is 0. The van der Waals surface area contributed by atoms with Gasteiger partial charge in [0.25, 0.3) is 0 Å². The van der Waals surface area contributed by atoms with Crippen molar-refractivity contribution in [1.82, 2.24) is 19.6 Å². The van der Waals surface area contributed by atoms with Gasteiger partial charge in [-0.15, -0.1) is 0 Å². The van der Waals surface area contributed by atoms with Crippen LogP contribution in [0.4, 0.5) is 0 Å². The molecule has 2 saturated heterocycles. The third-order valence-electron chi connectivity index (χ3n) is 6.15. The van der Waals surface area contributed by atoms with Gasteiger partial charge < -0.3 is 0 Å². The Balaban J connectivity index is 1.38. The summed E-state index contributed by atoms with van der Waals surface area (Å²) < 4.78 is 3.22. The number of hydrogen-bond donors (Lipinski definition) is 0. The molecule has 0 saturated carbocycles. The van der Waals surface area contributed by atoms with Crippen molar-refractivity contribution in [3.05, 3.63) is 59.7 Å². The predicted molar refractivity (Wildman–Crippen MR) is 129 cm³/mol. The molecule has 4 nitrogen and oxygen atoms in total. The summed E-state index contributed by atoms with van der Waals surface area (Å²) >= 11 is 1.07. The second kappa shape index (κ2) is 11.3. The van der Waals surface area contributed by atoms with E-state index in [-0.39, 0.29) is 0 Å². The van der Waals surface area contributed by atoms with E-state index in [0.29, 0.717) is 26.3 Å². The number of benzene rings is 2. The van der Waals surface area contributed by atoms with Crippen molar-refractivity contribution in [3.63, 3.8) is 0 Å². The number of hydrogen-bond acceptors (Lipinski definition) is 4. The van der Waals surface area contributed by atoms with Gasteiger partial charge in [-0.25, -0.2) is 0 Å². The van der Waals surface area contributed by atoms with Crippen molar-refractivity contribution >= 4 is 35.2 Å². The summed E-state index contributed by atoms with van der Waals surface area (Å²) in [5, 5.41) is 0. The van der Waals surface area contributed by atoms with Crippen molar-refractivity contribution in [2.24, 2.45) is 0 Å². The zero-order chi connectivity index (χ0) is 20.8. The third-order valence-corrected chi connectivity index (χ3v) is 13.6. The Morgan fingerprint density at radius 3 is 1.33 bits per heavy atom. The van der Waals surface area contributed by atoms with Gasteiger partial charge >= 0.3 is 194 Å². The van der Waals surface area contributed by atoms with E-state index >= 15 is 0 Å². The minimum absolute atomic E-state index is 0.536. The van der Waals surface area contributed by atoms with Gasteiger partial charge in [-0.3, -0.25) is 0 Å². The monoisotopic (exact) mass is 538 g/mol. The topological polar surface area (TPSA) is 13.0 Å². The van der Waals surface area contributed by atoms with Crippen molar-refractivity contribution in [2.75, 3.05) is 66.5 Å².